The van der Waals surface area contributed by atoms with Crippen LogP contribution in [0.2, 0.25) is 10.0 Å². The van der Waals surface area contributed by atoms with Crippen molar-refractivity contribution in [3.05, 3.63) is 87.7 Å². The standard InChI is InChI=1S/C20H21Cl2NO.C10H14F3N/c1-3-4-5-16-17-10-13(21)7-9-18(17)23-20(16)12(2)15-8-6-14(22)11-19(15)24;1-4-5-9(3)14-7-6-8(2)10(11,12)13/h6-12,23-24H,3-5H2,1-2H3;6-7H,2,4-5H2,1,3H3/b;7-6-,14-9?. The topological polar surface area (TPSA) is 48.4 Å². The number of rotatable bonds is 9. The molecule has 1 atom stereocenters. The van der Waals surface area contributed by atoms with E-state index in [4.69, 9.17) is 23.2 Å². The molecule has 0 amide bonds. The number of aryl methyl sites for hydroxylation is 1. The molecule has 1 unspecified atom stereocenters. The summed E-state index contributed by atoms with van der Waals surface area (Å²) in [5.41, 5.74) is 4.31. The molecule has 3 nitrogen and oxygen atoms in total. The smallest absolute Gasteiger partial charge is 0.415 e. The third kappa shape index (κ3) is 8.95. The minimum atomic E-state index is -4.36. The average molecular weight is 568 g/mol. The molecule has 2 N–H and O–H groups in total. The second-order valence-corrected chi connectivity index (χ2v) is 10.1. The summed E-state index contributed by atoms with van der Waals surface area (Å²) in [6.07, 6.45) is 2.63. The normalized spacial score (nSPS) is 13.0. The van der Waals surface area contributed by atoms with E-state index in [2.05, 4.69) is 30.4 Å². The predicted molar refractivity (Wildman–Crippen MR) is 155 cm³/mol. The molecule has 0 fully saturated rings. The number of hydrogen-bond donors (Lipinski definition) is 2. The van der Waals surface area contributed by atoms with Crippen molar-refractivity contribution < 1.29 is 18.3 Å². The number of aliphatic imine (C=N–C) groups is 1. The number of benzene rings is 2. The average Bonchev–Trinajstić information content (AvgIpc) is 3.19. The van der Waals surface area contributed by atoms with Crippen LogP contribution in [0.15, 0.2) is 65.8 Å². The molecule has 1 aromatic heterocycles. The van der Waals surface area contributed by atoms with Crippen LogP contribution in [0.25, 0.3) is 10.9 Å². The van der Waals surface area contributed by atoms with E-state index in [-0.39, 0.29) is 11.7 Å². The van der Waals surface area contributed by atoms with E-state index in [9.17, 15) is 18.3 Å². The number of aromatic hydroxyl groups is 1. The van der Waals surface area contributed by atoms with Crippen LogP contribution in [0.3, 0.4) is 0 Å². The van der Waals surface area contributed by atoms with Gasteiger partial charge in [0.1, 0.15) is 5.75 Å². The van der Waals surface area contributed by atoms with Crippen LogP contribution in [0.5, 0.6) is 5.75 Å². The highest BCUT2D eigenvalue weighted by Crippen LogP contribution is 2.37. The van der Waals surface area contributed by atoms with Gasteiger partial charge < -0.3 is 10.1 Å². The lowest BCUT2D eigenvalue weighted by Gasteiger charge is -2.15. The maximum atomic E-state index is 11.9. The number of phenols is 1. The maximum absolute atomic E-state index is 11.9. The molecule has 3 aromatic rings. The Bertz CT molecular complexity index is 1290. The van der Waals surface area contributed by atoms with Crippen molar-refractivity contribution in [2.45, 2.75) is 71.9 Å². The number of hydrogen-bond acceptors (Lipinski definition) is 2. The van der Waals surface area contributed by atoms with E-state index >= 15 is 0 Å². The molecule has 206 valence electrons. The zero-order valence-corrected chi connectivity index (χ0v) is 23.7. The molecule has 0 saturated heterocycles. The highest BCUT2D eigenvalue weighted by molar-refractivity contribution is 6.31. The van der Waals surface area contributed by atoms with Gasteiger partial charge in [0, 0.05) is 55.6 Å². The van der Waals surface area contributed by atoms with E-state index < -0.39 is 11.7 Å². The van der Waals surface area contributed by atoms with Gasteiger partial charge in [-0.2, -0.15) is 13.2 Å². The third-order valence-electron chi connectivity index (χ3n) is 6.12. The Labute approximate surface area is 233 Å². The van der Waals surface area contributed by atoms with Crippen LogP contribution in [-0.4, -0.2) is 22.0 Å². The largest absolute Gasteiger partial charge is 0.508 e. The zero-order chi connectivity index (χ0) is 28.5. The molecule has 1 heterocycles. The number of nitrogens with one attached hydrogen (secondary N) is 1. The lowest BCUT2D eigenvalue weighted by molar-refractivity contribution is -0.0878. The Morgan fingerprint density at radius 3 is 2.37 bits per heavy atom. The fraction of sp³-hybridized carbons (Fsp3) is 0.367. The van der Waals surface area contributed by atoms with E-state index in [1.54, 1.807) is 13.0 Å². The van der Waals surface area contributed by atoms with Gasteiger partial charge in [0.05, 0.1) is 0 Å². The Morgan fingerprint density at radius 1 is 1.11 bits per heavy atom. The van der Waals surface area contributed by atoms with Crippen LogP contribution in [0, 0.1) is 0 Å². The van der Waals surface area contributed by atoms with E-state index in [1.807, 2.05) is 37.3 Å². The zero-order valence-electron chi connectivity index (χ0n) is 22.2. The van der Waals surface area contributed by atoms with Gasteiger partial charge in [0.2, 0.25) is 0 Å². The summed E-state index contributed by atoms with van der Waals surface area (Å²) >= 11 is 12.2. The summed E-state index contributed by atoms with van der Waals surface area (Å²) in [7, 11) is 0. The van der Waals surface area contributed by atoms with Crippen molar-refractivity contribution in [3.63, 3.8) is 0 Å². The molecule has 0 aliphatic heterocycles. The molecule has 8 heteroatoms. The number of H-pyrrole nitrogens is 1. The van der Waals surface area contributed by atoms with Crippen LogP contribution in [0.1, 0.15) is 76.1 Å². The summed E-state index contributed by atoms with van der Waals surface area (Å²) < 4.78 is 35.8. The number of nitrogens with zero attached hydrogens (tertiary/aromatic N) is 1. The van der Waals surface area contributed by atoms with Crippen LogP contribution < -0.4 is 0 Å². The Hall–Kier alpha value is -2.70. The molecular weight excluding hydrogens is 532 g/mol. The summed E-state index contributed by atoms with van der Waals surface area (Å²) in [5.74, 6) is 0.272. The van der Waals surface area contributed by atoms with Gasteiger partial charge in [0.25, 0.3) is 0 Å². The maximum Gasteiger partial charge on any atom is 0.415 e. The number of phenolic OH excluding ortho intramolecular Hbond substituents is 1. The van der Waals surface area contributed by atoms with Crippen LogP contribution in [0.4, 0.5) is 13.2 Å². The van der Waals surface area contributed by atoms with Gasteiger partial charge in [0.15, 0.2) is 0 Å². The molecule has 0 bridgehead atoms. The lowest BCUT2D eigenvalue weighted by Crippen LogP contribution is -2.08. The Morgan fingerprint density at radius 2 is 1.76 bits per heavy atom. The van der Waals surface area contributed by atoms with Gasteiger partial charge in [-0.15, -0.1) is 0 Å². The fourth-order valence-corrected chi connectivity index (χ4v) is 4.39. The van der Waals surface area contributed by atoms with Crippen molar-refractivity contribution in [1.82, 2.24) is 4.98 Å². The van der Waals surface area contributed by atoms with Crippen molar-refractivity contribution in [1.29, 1.82) is 0 Å². The number of allylic oxidation sites excluding steroid dienone is 2. The molecular formula is C30H35Cl2F3N2O. The van der Waals surface area contributed by atoms with E-state index in [0.29, 0.717) is 5.02 Å². The number of fused-ring (bicyclic) bond motifs is 1. The van der Waals surface area contributed by atoms with Crippen molar-refractivity contribution in [3.8, 4) is 5.75 Å². The summed E-state index contributed by atoms with van der Waals surface area (Å²) in [6.45, 7) is 10.9. The quantitative estimate of drug-likeness (QED) is 0.196. The second kappa shape index (κ2) is 14.5. The molecule has 0 saturated carbocycles. The molecule has 0 radical (unpaired) electrons. The first kappa shape index (κ1) is 31.5. The predicted octanol–water partition coefficient (Wildman–Crippen LogP) is 10.6. The van der Waals surface area contributed by atoms with Gasteiger partial charge in [-0.3, -0.25) is 4.99 Å². The second-order valence-electron chi connectivity index (χ2n) is 9.19. The molecule has 0 spiro atoms. The highest BCUT2D eigenvalue weighted by Gasteiger charge is 2.29. The number of alkyl halides is 3. The van der Waals surface area contributed by atoms with Gasteiger partial charge in [-0.25, -0.2) is 0 Å². The number of unbranched alkanes of at least 4 members (excludes halogenated alkanes) is 1. The minimum Gasteiger partial charge on any atom is -0.508 e. The SMILES string of the molecule is C=C(/C=C\N=C(C)CCC)C(F)(F)F.CCCCc1c(C(C)c2ccc(Cl)cc2O)[nH]c2ccc(Cl)cc12. The Balaban J connectivity index is 0.000000312. The first-order chi connectivity index (χ1) is 17.9. The van der Waals surface area contributed by atoms with Gasteiger partial charge >= 0.3 is 6.18 Å². The van der Waals surface area contributed by atoms with Gasteiger partial charge in [-0.05, 0) is 68.2 Å². The first-order valence-corrected chi connectivity index (χ1v) is 13.4. The molecule has 0 aliphatic rings. The summed E-state index contributed by atoms with van der Waals surface area (Å²) in [6, 6.07) is 11.3. The van der Waals surface area contributed by atoms with Crippen molar-refractivity contribution in [2.24, 2.45) is 4.99 Å². The number of aromatic nitrogens is 1. The van der Waals surface area contributed by atoms with E-state index in [0.717, 1.165) is 71.9 Å². The monoisotopic (exact) mass is 566 g/mol. The lowest BCUT2D eigenvalue weighted by atomic mass is 9.92. The third-order valence-corrected chi connectivity index (χ3v) is 6.59. The molecule has 0 aliphatic carbocycles. The summed E-state index contributed by atoms with van der Waals surface area (Å²) in [5, 5.41) is 12.7. The number of halogens is 5. The van der Waals surface area contributed by atoms with Crippen molar-refractivity contribution >= 4 is 39.8 Å². The van der Waals surface area contributed by atoms with Crippen molar-refractivity contribution in [2.75, 3.05) is 0 Å². The van der Waals surface area contributed by atoms with Crippen LogP contribution in [-0.2, 0) is 6.42 Å². The Kier molecular flexibility index (Phi) is 12.0. The van der Waals surface area contributed by atoms with E-state index in [1.165, 1.54) is 10.9 Å². The fourth-order valence-electron chi connectivity index (χ4n) is 4.05. The first-order valence-electron chi connectivity index (χ1n) is 12.6. The minimum absolute atomic E-state index is 0.0419. The summed E-state index contributed by atoms with van der Waals surface area (Å²) in [4.78, 5) is 7.38. The molecule has 2 aromatic carbocycles. The van der Waals surface area contributed by atoms with Crippen LogP contribution >= 0.6 is 23.2 Å². The highest BCUT2D eigenvalue weighted by atomic mass is 35.5. The number of aromatic amines is 1. The van der Waals surface area contributed by atoms with Gasteiger partial charge in [-0.1, -0.05) is 69.5 Å². The molecule has 3 rings (SSSR count). The molecule has 38 heavy (non-hydrogen) atoms.